The summed E-state index contributed by atoms with van der Waals surface area (Å²) >= 11 is 0. The third kappa shape index (κ3) is 1.66. The average Bonchev–Trinajstić information content (AvgIpc) is 2.53. The van der Waals surface area contributed by atoms with Crippen molar-refractivity contribution >= 4 is 5.69 Å². The van der Waals surface area contributed by atoms with Gasteiger partial charge in [-0.25, -0.2) is 0 Å². The van der Waals surface area contributed by atoms with Gasteiger partial charge in [-0.15, -0.1) is 0 Å². The highest BCUT2D eigenvalue weighted by Crippen LogP contribution is 2.18. The average molecular weight is 174 g/mol. The number of benzene rings is 1. The maximum atomic E-state index is 2.22. The quantitative estimate of drug-likeness (QED) is 0.644. The Morgan fingerprint density at radius 2 is 1.77 bits per heavy atom. The summed E-state index contributed by atoms with van der Waals surface area (Å²) in [4.78, 5) is 4.37. The van der Waals surface area contributed by atoms with Crippen LogP contribution >= 0.6 is 0 Å². The molecule has 2 rings (SSSR count). The first-order valence-corrected chi connectivity index (χ1v) is 4.47. The molecule has 68 valence electrons. The lowest BCUT2D eigenvalue weighted by Crippen LogP contribution is -2.21. The molecule has 1 heterocycles. The fraction of sp³-hybridized carbons (Fsp3) is 0.273. The third-order valence-electron chi connectivity index (χ3n) is 2.24. The summed E-state index contributed by atoms with van der Waals surface area (Å²) in [6.07, 6.45) is 4.19. The first-order valence-electron chi connectivity index (χ1n) is 4.47. The predicted octanol–water partition coefficient (Wildman–Crippen LogP) is 2.18. The summed E-state index contributed by atoms with van der Waals surface area (Å²) in [7, 11) is 2.07. The lowest BCUT2D eigenvalue weighted by molar-refractivity contribution is 0.496. The fourth-order valence-electron chi connectivity index (χ4n) is 1.43. The second kappa shape index (κ2) is 3.13. The molecule has 0 atom stereocenters. The smallest absolute Gasteiger partial charge is 0.0938 e. The molecule has 0 saturated heterocycles. The highest BCUT2D eigenvalue weighted by molar-refractivity contribution is 5.50. The van der Waals surface area contributed by atoms with E-state index in [0.29, 0.717) is 0 Å². The van der Waals surface area contributed by atoms with Crippen LogP contribution in [0.2, 0.25) is 0 Å². The Morgan fingerprint density at radius 1 is 1.08 bits per heavy atom. The van der Waals surface area contributed by atoms with Crippen LogP contribution in [0.15, 0.2) is 36.7 Å². The van der Waals surface area contributed by atoms with Crippen LogP contribution < -0.4 is 4.90 Å². The molecule has 0 unspecified atom stereocenters. The molecule has 2 heteroatoms. The molecule has 0 bridgehead atoms. The van der Waals surface area contributed by atoms with Crippen molar-refractivity contribution in [2.75, 3.05) is 18.6 Å². The number of hydrogen-bond acceptors (Lipinski definition) is 2. The van der Waals surface area contributed by atoms with E-state index in [2.05, 4.69) is 60.4 Å². The Morgan fingerprint density at radius 3 is 2.31 bits per heavy atom. The van der Waals surface area contributed by atoms with Gasteiger partial charge in [0.05, 0.1) is 6.67 Å². The molecular formula is C11H14N2. The summed E-state index contributed by atoms with van der Waals surface area (Å²) in [5.41, 5.74) is 2.56. The van der Waals surface area contributed by atoms with Crippen molar-refractivity contribution in [1.29, 1.82) is 0 Å². The van der Waals surface area contributed by atoms with E-state index in [4.69, 9.17) is 0 Å². The van der Waals surface area contributed by atoms with E-state index >= 15 is 0 Å². The molecule has 1 aliphatic rings. The summed E-state index contributed by atoms with van der Waals surface area (Å²) in [6.45, 7) is 3.05. The van der Waals surface area contributed by atoms with Gasteiger partial charge in [0.25, 0.3) is 0 Å². The first kappa shape index (κ1) is 8.17. The van der Waals surface area contributed by atoms with E-state index in [0.717, 1.165) is 6.67 Å². The highest BCUT2D eigenvalue weighted by atomic mass is 15.3. The standard InChI is InChI=1S/C11H14N2/c1-10-3-5-11(6-4-10)13-8-7-12(2)9-13/h3-8H,9H2,1-2H3. The summed E-state index contributed by atoms with van der Waals surface area (Å²) in [6, 6.07) is 8.58. The third-order valence-corrected chi connectivity index (χ3v) is 2.24. The van der Waals surface area contributed by atoms with Crippen LogP contribution in [-0.4, -0.2) is 18.6 Å². The first-order chi connectivity index (χ1) is 6.25. The molecule has 0 spiro atoms. The van der Waals surface area contributed by atoms with E-state index in [-0.39, 0.29) is 0 Å². The van der Waals surface area contributed by atoms with Crippen LogP contribution in [0, 0.1) is 6.92 Å². The van der Waals surface area contributed by atoms with Gasteiger partial charge in [0, 0.05) is 25.1 Å². The molecule has 0 N–H and O–H groups in total. The van der Waals surface area contributed by atoms with E-state index in [9.17, 15) is 0 Å². The summed E-state index contributed by atoms with van der Waals surface area (Å²) in [5, 5.41) is 0. The maximum Gasteiger partial charge on any atom is 0.0938 e. The number of nitrogens with zero attached hydrogens (tertiary/aromatic N) is 2. The van der Waals surface area contributed by atoms with Crippen molar-refractivity contribution in [3.05, 3.63) is 42.2 Å². The van der Waals surface area contributed by atoms with Crippen LogP contribution in [0.25, 0.3) is 0 Å². The Kier molecular flexibility index (Phi) is 1.97. The SMILES string of the molecule is Cc1ccc(N2C=CN(C)C2)cc1. The molecule has 1 aromatic rings. The van der Waals surface area contributed by atoms with E-state index < -0.39 is 0 Å². The lowest BCUT2D eigenvalue weighted by Gasteiger charge is -2.18. The Balaban J connectivity index is 2.18. The molecule has 13 heavy (non-hydrogen) atoms. The second-order valence-electron chi connectivity index (χ2n) is 3.50. The van der Waals surface area contributed by atoms with E-state index in [1.54, 1.807) is 0 Å². The van der Waals surface area contributed by atoms with Gasteiger partial charge in [-0.2, -0.15) is 0 Å². The fourth-order valence-corrected chi connectivity index (χ4v) is 1.43. The van der Waals surface area contributed by atoms with Crippen LogP contribution in [0.3, 0.4) is 0 Å². The van der Waals surface area contributed by atoms with Crippen LogP contribution in [-0.2, 0) is 0 Å². The molecule has 1 aromatic carbocycles. The van der Waals surface area contributed by atoms with Gasteiger partial charge in [-0.3, -0.25) is 0 Å². The number of anilines is 1. The van der Waals surface area contributed by atoms with Crippen molar-refractivity contribution < 1.29 is 0 Å². The normalized spacial score (nSPS) is 15.5. The molecule has 0 saturated carbocycles. The van der Waals surface area contributed by atoms with Crippen LogP contribution in [0.1, 0.15) is 5.56 Å². The minimum atomic E-state index is 0.947. The topological polar surface area (TPSA) is 6.48 Å². The predicted molar refractivity (Wildman–Crippen MR) is 55.4 cm³/mol. The highest BCUT2D eigenvalue weighted by Gasteiger charge is 2.09. The van der Waals surface area contributed by atoms with E-state index in [1.165, 1.54) is 11.3 Å². The molecule has 0 amide bonds. The van der Waals surface area contributed by atoms with Gasteiger partial charge in [0.15, 0.2) is 0 Å². The van der Waals surface area contributed by atoms with Crippen molar-refractivity contribution in [1.82, 2.24) is 4.90 Å². The van der Waals surface area contributed by atoms with Gasteiger partial charge in [-0.1, -0.05) is 17.7 Å². The number of aryl methyl sites for hydroxylation is 1. The molecule has 0 aromatic heterocycles. The molecule has 0 aliphatic carbocycles. The summed E-state index contributed by atoms with van der Waals surface area (Å²) in [5.74, 6) is 0. The Bertz CT molecular complexity index is 313. The van der Waals surface area contributed by atoms with Gasteiger partial charge in [-0.05, 0) is 19.1 Å². The van der Waals surface area contributed by atoms with Crippen molar-refractivity contribution in [3.8, 4) is 0 Å². The zero-order chi connectivity index (χ0) is 9.26. The van der Waals surface area contributed by atoms with Crippen molar-refractivity contribution in [2.45, 2.75) is 6.92 Å². The maximum absolute atomic E-state index is 2.22. The minimum Gasteiger partial charge on any atom is -0.361 e. The zero-order valence-corrected chi connectivity index (χ0v) is 8.07. The van der Waals surface area contributed by atoms with Crippen molar-refractivity contribution in [2.24, 2.45) is 0 Å². The van der Waals surface area contributed by atoms with Gasteiger partial charge in [0.2, 0.25) is 0 Å². The molecule has 2 nitrogen and oxygen atoms in total. The monoisotopic (exact) mass is 174 g/mol. The van der Waals surface area contributed by atoms with Gasteiger partial charge < -0.3 is 9.80 Å². The Hall–Kier alpha value is -1.44. The number of hydrogen-bond donors (Lipinski definition) is 0. The lowest BCUT2D eigenvalue weighted by atomic mass is 10.2. The minimum absolute atomic E-state index is 0.947. The van der Waals surface area contributed by atoms with Gasteiger partial charge >= 0.3 is 0 Å². The van der Waals surface area contributed by atoms with Crippen molar-refractivity contribution in [3.63, 3.8) is 0 Å². The summed E-state index contributed by atoms with van der Waals surface area (Å²) < 4.78 is 0. The molecule has 0 radical (unpaired) electrons. The largest absolute Gasteiger partial charge is 0.361 e. The van der Waals surface area contributed by atoms with E-state index in [1.807, 2.05) is 0 Å². The Labute approximate surface area is 79.1 Å². The number of rotatable bonds is 1. The molecular weight excluding hydrogens is 160 g/mol. The molecule has 1 aliphatic heterocycles. The second-order valence-corrected chi connectivity index (χ2v) is 3.50. The van der Waals surface area contributed by atoms with Gasteiger partial charge in [0.1, 0.15) is 0 Å². The zero-order valence-electron chi connectivity index (χ0n) is 8.07. The van der Waals surface area contributed by atoms with Crippen LogP contribution in [0.4, 0.5) is 5.69 Å². The molecule has 0 fully saturated rings. The van der Waals surface area contributed by atoms with Crippen LogP contribution in [0.5, 0.6) is 0 Å².